The summed E-state index contributed by atoms with van der Waals surface area (Å²) < 4.78 is 28.5. The third kappa shape index (κ3) is 5.47. The minimum Gasteiger partial charge on any atom is -0.388 e. The van der Waals surface area contributed by atoms with Crippen LogP contribution in [0.1, 0.15) is 63.5 Å². The van der Waals surface area contributed by atoms with Crippen LogP contribution < -0.4 is 10.9 Å². The molecule has 12 heteroatoms. The number of hydrogen-bond acceptors (Lipinski definition) is 9. The van der Waals surface area contributed by atoms with Crippen molar-refractivity contribution in [2.75, 3.05) is 38.0 Å². The van der Waals surface area contributed by atoms with Gasteiger partial charge in [-0.25, -0.2) is 13.4 Å². The molecule has 1 aliphatic carbocycles. The number of likely N-dealkylation sites (tertiary alicyclic amines) is 1. The van der Waals surface area contributed by atoms with Crippen LogP contribution in [-0.4, -0.2) is 81.6 Å². The van der Waals surface area contributed by atoms with Crippen LogP contribution in [0.15, 0.2) is 28.5 Å². The van der Waals surface area contributed by atoms with Gasteiger partial charge in [-0.05, 0) is 71.0 Å². The Bertz CT molecular complexity index is 1420. The molecule has 3 aliphatic rings. The van der Waals surface area contributed by atoms with Crippen molar-refractivity contribution in [2.24, 2.45) is 0 Å². The molecule has 0 spiro atoms. The van der Waals surface area contributed by atoms with E-state index in [1.54, 1.807) is 19.2 Å². The lowest BCUT2D eigenvalue weighted by atomic mass is 9.99. The molecule has 3 fully saturated rings. The minimum absolute atomic E-state index is 0.00688. The molecular weight excluding hydrogens is 506 g/mol. The summed E-state index contributed by atoms with van der Waals surface area (Å²) in [6.07, 6.45) is 8.80. The summed E-state index contributed by atoms with van der Waals surface area (Å²) in [5.41, 5.74) is -1.17. The highest BCUT2D eigenvalue weighted by molar-refractivity contribution is 7.92. The molecule has 2 atom stereocenters. The summed E-state index contributed by atoms with van der Waals surface area (Å²) in [6.45, 7) is 5.20. The van der Waals surface area contributed by atoms with E-state index in [4.69, 9.17) is 0 Å². The molecule has 2 N–H and O–H groups in total. The number of pyridine rings is 1. The van der Waals surface area contributed by atoms with E-state index in [1.807, 2.05) is 6.07 Å². The SMILES string of the molecule is C[C@@]1(O)CCC[C@H]1n1c(=O)c(C#N)cc2cnc(NC3CCN(S(=O)(=O)/C=C/CN4CCCC4)CC3)nc21. The largest absolute Gasteiger partial charge is 0.388 e. The van der Waals surface area contributed by atoms with Gasteiger partial charge >= 0.3 is 0 Å². The van der Waals surface area contributed by atoms with Gasteiger partial charge in [0.05, 0.1) is 11.6 Å². The predicted molar refractivity (Wildman–Crippen MR) is 144 cm³/mol. The Kier molecular flexibility index (Phi) is 7.55. The van der Waals surface area contributed by atoms with Crippen molar-refractivity contribution in [2.45, 2.75) is 69.6 Å². The molecule has 204 valence electrons. The molecule has 5 rings (SSSR count). The number of rotatable bonds is 7. The number of nitriles is 1. The molecule has 2 saturated heterocycles. The van der Waals surface area contributed by atoms with Gasteiger partial charge in [0.25, 0.3) is 5.56 Å². The van der Waals surface area contributed by atoms with E-state index in [1.165, 1.54) is 33.2 Å². The predicted octanol–water partition coefficient (Wildman–Crippen LogP) is 1.95. The van der Waals surface area contributed by atoms with Gasteiger partial charge in [-0.1, -0.05) is 6.08 Å². The second-order valence-electron chi connectivity index (χ2n) is 10.8. The Hall–Kier alpha value is -2.85. The fraction of sp³-hybridized carbons (Fsp3) is 0.615. The summed E-state index contributed by atoms with van der Waals surface area (Å²) in [7, 11) is -3.46. The summed E-state index contributed by atoms with van der Waals surface area (Å²) in [4.78, 5) is 24.4. The van der Waals surface area contributed by atoms with Crippen LogP contribution in [-0.2, 0) is 10.0 Å². The number of piperidine rings is 1. The summed E-state index contributed by atoms with van der Waals surface area (Å²) >= 11 is 0. The molecule has 0 unspecified atom stereocenters. The third-order valence-electron chi connectivity index (χ3n) is 8.06. The number of sulfonamides is 1. The number of anilines is 1. The van der Waals surface area contributed by atoms with E-state index < -0.39 is 27.2 Å². The average molecular weight is 542 g/mol. The van der Waals surface area contributed by atoms with Crippen LogP contribution in [0.5, 0.6) is 0 Å². The number of nitrogens with one attached hydrogen (secondary N) is 1. The Morgan fingerprint density at radius 2 is 1.95 bits per heavy atom. The van der Waals surface area contributed by atoms with Crippen LogP contribution in [0.2, 0.25) is 0 Å². The van der Waals surface area contributed by atoms with Gasteiger partial charge in [-0.15, -0.1) is 0 Å². The van der Waals surface area contributed by atoms with Crippen molar-refractivity contribution >= 4 is 27.0 Å². The van der Waals surface area contributed by atoms with Crippen molar-refractivity contribution in [1.82, 2.24) is 23.7 Å². The maximum Gasteiger partial charge on any atom is 0.270 e. The standard InChI is InChI=1S/C26H35N7O4S/c1-26(35)9-4-6-22(26)33-23-20(16-19(17-27)24(33)34)18-28-25(30-23)29-21-7-13-32(14-8-21)38(36,37)15-5-12-31-10-2-3-11-31/h5,15-16,18,21-22,35H,2-4,6-14H2,1H3,(H,28,29,30)/b15-5+/t22-,26-/m1/s1. The van der Waals surface area contributed by atoms with Gasteiger partial charge in [-0.2, -0.15) is 14.6 Å². The first-order valence-electron chi connectivity index (χ1n) is 13.4. The molecule has 2 aliphatic heterocycles. The van der Waals surface area contributed by atoms with Crippen LogP contribution in [0.3, 0.4) is 0 Å². The topological polar surface area (TPSA) is 144 Å². The summed E-state index contributed by atoms with van der Waals surface area (Å²) in [6, 6.07) is 2.93. The van der Waals surface area contributed by atoms with Gasteiger partial charge in [0.15, 0.2) is 0 Å². The Morgan fingerprint density at radius 3 is 2.61 bits per heavy atom. The highest BCUT2D eigenvalue weighted by Gasteiger charge is 2.40. The third-order valence-corrected chi connectivity index (χ3v) is 9.68. The second kappa shape index (κ2) is 10.7. The molecule has 0 bridgehead atoms. The van der Waals surface area contributed by atoms with Crippen molar-refractivity contribution in [3.05, 3.63) is 39.7 Å². The zero-order valence-electron chi connectivity index (χ0n) is 21.7. The summed E-state index contributed by atoms with van der Waals surface area (Å²) in [5.74, 6) is 0.333. The van der Waals surface area contributed by atoms with E-state index in [-0.39, 0.29) is 11.6 Å². The fourth-order valence-electron chi connectivity index (χ4n) is 5.90. The van der Waals surface area contributed by atoms with Crippen molar-refractivity contribution < 1.29 is 13.5 Å². The lowest BCUT2D eigenvalue weighted by molar-refractivity contribution is 0.0266. The van der Waals surface area contributed by atoms with Crippen molar-refractivity contribution in [3.63, 3.8) is 0 Å². The van der Waals surface area contributed by atoms with Gasteiger partial charge in [0.1, 0.15) is 17.3 Å². The molecule has 2 aromatic rings. The highest BCUT2D eigenvalue weighted by atomic mass is 32.2. The van der Waals surface area contributed by atoms with Gasteiger partial charge in [0, 0.05) is 42.7 Å². The number of hydrogen-bond donors (Lipinski definition) is 2. The molecule has 38 heavy (non-hydrogen) atoms. The quantitative estimate of drug-likeness (QED) is 0.537. The lowest BCUT2D eigenvalue weighted by Gasteiger charge is -2.31. The first-order valence-corrected chi connectivity index (χ1v) is 14.9. The zero-order valence-corrected chi connectivity index (χ0v) is 22.5. The molecular formula is C26H35N7O4S. The number of aliphatic hydroxyl groups is 1. The van der Waals surface area contributed by atoms with Crippen molar-refractivity contribution in [1.29, 1.82) is 5.26 Å². The normalized spacial score (nSPS) is 25.9. The smallest absolute Gasteiger partial charge is 0.270 e. The van der Waals surface area contributed by atoms with E-state index in [2.05, 4.69) is 20.2 Å². The minimum atomic E-state index is -3.46. The molecule has 0 amide bonds. The van der Waals surface area contributed by atoms with Gasteiger partial charge < -0.3 is 10.4 Å². The van der Waals surface area contributed by atoms with E-state index >= 15 is 0 Å². The Morgan fingerprint density at radius 1 is 1.21 bits per heavy atom. The number of fused-ring (bicyclic) bond motifs is 1. The Labute approximate surface area is 222 Å². The first kappa shape index (κ1) is 26.7. The number of nitrogens with zero attached hydrogens (tertiary/aromatic N) is 6. The van der Waals surface area contributed by atoms with E-state index in [0.717, 1.165) is 19.5 Å². The van der Waals surface area contributed by atoms with E-state index in [9.17, 15) is 23.6 Å². The van der Waals surface area contributed by atoms with E-state index in [0.29, 0.717) is 62.3 Å². The molecule has 0 aromatic carbocycles. The Balaban J connectivity index is 1.29. The van der Waals surface area contributed by atoms with Gasteiger partial charge in [0.2, 0.25) is 16.0 Å². The van der Waals surface area contributed by atoms with Gasteiger partial charge in [-0.3, -0.25) is 14.3 Å². The molecule has 4 heterocycles. The van der Waals surface area contributed by atoms with Crippen LogP contribution in [0, 0.1) is 11.3 Å². The first-order chi connectivity index (χ1) is 18.2. The zero-order chi connectivity index (χ0) is 26.9. The molecule has 0 radical (unpaired) electrons. The van der Waals surface area contributed by atoms with Crippen LogP contribution in [0.25, 0.3) is 11.0 Å². The van der Waals surface area contributed by atoms with Crippen LogP contribution in [0.4, 0.5) is 5.95 Å². The average Bonchev–Trinajstić information content (AvgIpc) is 3.53. The van der Waals surface area contributed by atoms with Crippen molar-refractivity contribution in [3.8, 4) is 6.07 Å². The fourth-order valence-corrected chi connectivity index (χ4v) is 7.12. The summed E-state index contributed by atoms with van der Waals surface area (Å²) in [5, 5.41) is 25.6. The number of aromatic nitrogens is 3. The maximum atomic E-state index is 13.1. The van der Waals surface area contributed by atoms with Crippen LogP contribution >= 0.6 is 0 Å². The lowest BCUT2D eigenvalue weighted by Crippen LogP contribution is -2.42. The molecule has 2 aromatic heterocycles. The molecule has 11 nitrogen and oxygen atoms in total. The maximum absolute atomic E-state index is 13.1. The molecule has 1 saturated carbocycles. The monoisotopic (exact) mass is 541 g/mol. The second-order valence-corrected chi connectivity index (χ2v) is 12.6. The highest BCUT2D eigenvalue weighted by Crippen LogP contribution is 2.39.